The Morgan fingerprint density at radius 2 is 2.05 bits per heavy atom. The summed E-state index contributed by atoms with van der Waals surface area (Å²) in [6.07, 6.45) is 7.95. The van der Waals surface area contributed by atoms with Crippen molar-refractivity contribution in [3.63, 3.8) is 0 Å². The minimum Gasteiger partial charge on any atom is -0.472 e. The molecule has 0 amide bonds. The number of hydrogen-bond donors (Lipinski definition) is 1. The lowest BCUT2D eigenvalue weighted by Gasteiger charge is -2.17. The lowest BCUT2D eigenvalue weighted by Crippen LogP contribution is -2.27. The predicted molar refractivity (Wildman–Crippen MR) is 77.0 cm³/mol. The monoisotopic (exact) mass is 273 g/mol. The van der Waals surface area contributed by atoms with Crippen LogP contribution in [0.3, 0.4) is 0 Å². The Hall–Kier alpha value is -1.61. The average molecular weight is 273 g/mol. The van der Waals surface area contributed by atoms with Crippen LogP contribution in [-0.2, 0) is 12.8 Å². The van der Waals surface area contributed by atoms with Crippen LogP contribution in [0.25, 0.3) is 0 Å². The van der Waals surface area contributed by atoms with Crippen molar-refractivity contribution in [2.75, 3.05) is 6.54 Å². The van der Waals surface area contributed by atoms with Crippen molar-refractivity contribution in [1.82, 2.24) is 5.32 Å². The van der Waals surface area contributed by atoms with E-state index in [1.807, 2.05) is 12.1 Å². The smallest absolute Gasteiger partial charge is 0.123 e. The van der Waals surface area contributed by atoms with E-state index in [2.05, 4.69) is 5.32 Å². The molecule has 1 unspecified atom stereocenters. The molecule has 1 aliphatic carbocycles. The highest BCUT2D eigenvalue weighted by Crippen LogP contribution is 2.21. The van der Waals surface area contributed by atoms with Crippen molar-refractivity contribution in [3.05, 3.63) is 59.8 Å². The quantitative estimate of drug-likeness (QED) is 0.834. The first kappa shape index (κ1) is 13.4. The van der Waals surface area contributed by atoms with Gasteiger partial charge in [0.25, 0.3) is 0 Å². The van der Waals surface area contributed by atoms with Gasteiger partial charge in [-0.05, 0) is 67.5 Å². The lowest BCUT2D eigenvalue weighted by molar-refractivity contribution is 0.464. The molecule has 1 atom stereocenters. The number of nitrogens with one attached hydrogen (secondary N) is 1. The topological polar surface area (TPSA) is 25.2 Å². The Morgan fingerprint density at radius 1 is 1.20 bits per heavy atom. The molecule has 2 aromatic rings. The molecule has 2 nitrogen and oxygen atoms in total. The van der Waals surface area contributed by atoms with Crippen molar-refractivity contribution in [1.29, 1.82) is 0 Å². The number of benzene rings is 1. The largest absolute Gasteiger partial charge is 0.472 e. The fraction of sp³-hybridized carbons (Fsp3) is 0.412. The summed E-state index contributed by atoms with van der Waals surface area (Å²) in [4.78, 5) is 0. The Kier molecular flexibility index (Phi) is 4.16. The molecule has 1 aromatic carbocycles. The Bertz CT molecular complexity index is 534. The zero-order valence-corrected chi connectivity index (χ0v) is 11.5. The second kappa shape index (κ2) is 6.23. The highest BCUT2D eigenvalue weighted by atomic mass is 19.1. The molecule has 0 radical (unpaired) electrons. The Morgan fingerprint density at radius 3 is 2.75 bits per heavy atom. The Labute approximate surface area is 119 Å². The zero-order valence-electron chi connectivity index (χ0n) is 11.5. The molecule has 0 spiro atoms. The molecule has 3 heteroatoms. The van der Waals surface area contributed by atoms with E-state index in [4.69, 9.17) is 4.42 Å². The molecule has 3 rings (SSSR count). The molecular formula is C17H20FNO. The molecule has 1 aromatic heterocycles. The van der Waals surface area contributed by atoms with E-state index in [0.717, 1.165) is 24.9 Å². The van der Waals surface area contributed by atoms with Crippen LogP contribution in [0.1, 0.15) is 24.0 Å². The number of furan rings is 1. The first-order valence-electron chi connectivity index (χ1n) is 7.28. The molecule has 20 heavy (non-hydrogen) atoms. The molecule has 106 valence electrons. The maximum atomic E-state index is 13.3. The SMILES string of the molecule is Fc1cccc(CC(CNC2CC2)Cc2ccoc2)c1. The molecule has 1 heterocycles. The minimum absolute atomic E-state index is 0.153. The van der Waals surface area contributed by atoms with Crippen LogP contribution in [0.15, 0.2) is 47.3 Å². The van der Waals surface area contributed by atoms with Gasteiger partial charge in [0, 0.05) is 6.04 Å². The summed E-state index contributed by atoms with van der Waals surface area (Å²) in [7, 11) is 0. The van der Waals surface area contributed by atoms with Crippen LogP contribution in [0.2, 0.25) is 0 Å². The van der Waals surface area contributed by atoms with Gasteiger partial charge in [-0.25, -0.2) is 4.39 Å². The van der Waals surface area contributed by atoms with E-state index >= 15 is 0 Å². The van der Waals surface area contributed by atoms with Gasteiger partial charge in [0.2, 0.25) is 0 Å². The van der Waals surface area contributed by atoms with E-state index in [1.165, 1.54) is 24.5 Å². The van der Waals surface area contributed by atoms with Gasteiger partial charge in [0.05, 0.1) is 12.5 Å². The summed E-state index contributed by atoms with van der Waals surface area (Å²) in [5, 5.41) is 3.58. The van der Waals surface area contributed by atoms with Crippen molar-refractivity contribution in [3.8, 4) is 0 Å². The van der Waals surface area contributed by atoms with Gasteiger partial charge in [-0.1, -0.05) is 12.1 Å². The molecule has 1 aliphatic rings. The molecular weight excluding hydrogens is 253 g/mol. The van der Waals surface area contributed by atoms with Crippen LogP contribution in [0.4, 0.5) is 4.39 Å². The van der Waals surface area contributed by atoms with Gasteiger partial charge in [0.15, 0.2) is 0 Å². The van der Waals surface area contributed by atoms with E-state index in [9.17, 15) is 4.39 Å². The third kappa shape index (κ3) is 3.94. The summed E-state index contributed by atoms with van der Waals surface area (Å²) >= 11 is 0. The normalized spacial score (nSPS) is 16.2. The van der Waals surface area contributed by atoms with Crippen LogP contribution >= 0.6 is 0 Å². The number of hydrogen-bond acceptors (Lipinski definition) is 2. The highest BCUT2D eigenvalue weighted by Gasteiger charge is 2.22. The van der Waals surface area contributed by atoms with Crippen LogP contribution in [0.5, 0.6) is 0 Å². The molecule has 0 aliphatic heterocycles. The van der Waals surface area contributed by atoms with Crippen molar-refractivity contribution < 1.29 is 8.81 Å². The maximum absolute atomic E-state index is 13.3. The second-order valence-electron chi connectivity index (χ2n) is 5.72. The molecule has 0 bridgehead atoms. The maximum Gasteiger partial charge on any atom is 0.123 e. The fourth-order valence-electron chi connectivity index (χ4n) is 2.58. The lowest BCUT2D eigenvalue weighted by atomic mass is 9.93. The summed E-state index contributed by atoms with van der Waals surface area (Å²) in [5.41, 5.74) is 2.28. The summed E-state index contributed by atoms with van der Waals surface area (Å²) < 4.78 is 18.4. The average Bonchev–Trinajstić information content (AvgIpc) is 3.12. The van der Waals surface area contributed by atoms with Crippen LogP contribution < -0.4 is 5.32 Å². The number of halogens is 1. The van der Waals surface area contributed by atoms with E-state index in [0.29, 0.717) is 12.0 Å². The fourth-order valence-corrected chi connectivity index (χ4v) is 2.58. The van der Waals surface area contributed by atoms with E-state index in [-0.39, 0.29) is 5.82 Å². The van der Waals surface area contributed by atoms with Gasteiger partial charge in [0.1, 0.15) is 5.82 Å². The van der Waals surface area contributed by atoms with Crippen LogP contribution in [0, 0.1) is 11.7 Å². The van der Waals surface area contributed by atoms with Gasteiger partial charge < -0.3 is 9.73 Å². The van der Waals surface area contributed by atoms with Crippen LogP contribution in [-0.4, -0.2) is 12.6 Å². The van der Waals surface area contributed by atoms with E-state index in [1.54, 1.807) is 24.7 Å². The summed E-state index contributed by atoms with van der Waals surface area (Å²) in [6, 6.07) is 9.64. The van der Waals surface area contributed by atoms with E-state index < -0.39 is 0 Å². The molecule has 0 saturated heterocycles. The molecule has 1 fully saturated rings. The highest BCUT2D eigenvalue weighted by molar-refractivity contribution is 5.18. The number of rotatable bonds is 7. The van der Waals surface area contributed by atoms with Crippen molar-refractivity contribution in [2.45, 2.75) is 31.7 Å². The second-order valence-corrected chi connectivity index (χ2v) is 5.72. The Balaban J connectivity index is 1.63. The third-order valence-corrected chi connectivity index (χ3v) is 3.79. The first-order valence-corrected chi connectivity index (χ1v) is 7.28. The van der Waals surface area contributed by atoms with Crippen molar-refractivity contribution in [2.24, 2.45) is 5.92 Å². The van der Waals surface area contributed by atoms with Gasteiger partial charge >= 0.3 is 0 Å². The standard InChI is InChI=1S/C17H20FNO/c18-16-3-1-2-13(10-16)8-15(11-19-17-4-5-17)9-14-6-7-20-12-14/h1-3,6-7,10,12,15,17,19H,4-5,8-9,11H2. The van der Waals surface area contributed by atoms with Crippen molar-refractivity contribution >= 4 is 0 Å². The minimum atomic E-state index is -0.153. The van der Waals surface area contributed by atoms with Gasteiger partial charge in [-0.3, -0.25) is 0 Å². The molecule has 1 N–H and O–H groups in total. The summed E-state index contributed by atoms with van der Waals surface area (Å²) in [5.74, 6) is 0.315. The van der Waals surface area contributed by atoms with Gasteiger partial charge in [-0.15, -0.1) is 0 Å². The first-order chi connectivity index (χ1) is 9.79. The van der Waals surface area contributed by atoms with Gasteiger partial charge in [-0.2, -0.15) is 0 Å². The third-order valence-electron chi connectivity index (χ3n) is 3.79. The molecule has 1 saturated carbocycles. The summed E-state index contributed by atoms with van der Waals surface area (Å²) in [6.45, 7) is 0.979. The predicted octanol–water partition coefficient (Wildman–Crippen LogP) is 3.57. The zero-order chi connectivity index (χ0) is 13.8.